The molecule has 98 valence electrons. The summed E-state index contributed by atoms with van der Waals surface area (Å²) in [5.74, 6) is 0.912. The number of rotatable bonds is 5. The standard InChI is InChI=1S/C12H22N2O2S/c1-16-5-4-13-3-2-10(7-13)8-14-9-11(17)6-12(14)15/h10-11,17H,2-9H2,1H3. The average Bonchev–Trinajstić information content (AvgIpc) is 2.84. The Bertz CT molecular complexity index is 275. The fourth-order valence-electron chi connectivity index (χ4n) is 2.72. The van der Waals surface area contributed by atoms with Crippen LogP contribution in [0.1, 0.15) is 12.8 Å². The van der Waals surface area contributed by atoms with E-state index in [1.165, 1.54) is 6.42 Å². The molecule has 2 atom stereocenters. The van der Waals surface area contributed by atoms with Crippen LogP contribution in [0.3, 0.4) is 0 Å². The molecule has 5 heteroatoms. The molecule has 1 amide bonds. The zero-order chi connectivity index (χ0) is 12.3. The summed E-state index contributed by atoms with van der Waals surface area (Å²) in [4.78, 5) is 16.1. The first-order valence-corrected chi connectivity index (χ1v) is 6.88. The predicted molar refractivity (Wildman–Crippen MR) is 70.4 cm³/mol. The minimum absolute atomic E-state index is 0.244. The summed E-state index contributed by atoms with van der Waals surface area (Å²) >= 11 is 4.38. The molecule has 0 radical (unpaired) electrons. The van der Waals surface area contributed by atoms with Crippen LogP contribution in [0.2, 0.25) is 0 Å². The summed E-state index contributed by atoms with van der Waals surface area (Å²) in [6, 6.07) is 0. The van der Waals surface area contributed by atoms with Gasteiger partial charge >= 0.3 is 0 Å². The van der Waals surface area contributed by atoms with Crippen molar-refractivity contribution in [3.05, 3.63) is 0 Å². The Morgan fingerprint density at radius 3 is 2.94 bits per heavy atom. The largest absolute Gasteiger partial charge is 0.383 e. The molecule has 4 nitrogen and oxygen atoms in total. The van der Waals surface area contributed by atoms with Gasteiger partial charge in [-0.15, -0.1) is 0 Å². The van der Waals surface area contributed by atoms with E-state index >= 15 is 0 Å². The van der Waals surface area contributed by atoms with E-state index in [9.17, 15) is 4.79 Å². The highest BCUT2D eigenvalue weighted by molar-refractivity contribution is 7.81. The lowest BCUT2D eigenvalue weighted by atomic mass is 10.1. The number of carbonyl (C=O) groups excluding carboxylic acids is 1. The Morgan fingerprint density at radius 1 is 1.47 bits per heavy atom. The number of methoxy groups -OCH3 is 1. The van der Waals surface area contributed by atoms with Crippen LogP contribution in [0.25, 0.3) is 0 Å². The third-order valence-electron chi connectivity index (χ3n) is 3.65. The molecule has 0 aliphatic carbocycles. The lowest BCUT2D eigenvalue weighted by Crippen LogP contribution is -2.33. The van der Waals surface area contributed by atoms with Crippen molar-refractivity contribution in [2.24, 2.45) is 5.92 Å². The first kappa shape index (κ1) is 13.2. The molecule has 2 rings (SSSR count). The van der Waals surface area contributed by atoms with Gasteiger partial charge in [0.15, 0.2) is 0 Å². The highest BCUT2D eigenvalue weighted by atomic mass is 32.1. The summed E-state index contributed by atoms with van der Waals surface area (Å²) in [5.41, 5.74) is 0. The topological polar surface area (TPSA) is 32.8 Å². The Kier molecular flexibility index (Phi) is 4.70. The van der Waals surface area contributed by atoms with Gasteiger partial charge in [0.05, 0.1) is 6.61 Å². The van der Waals surface area contributed by atoms with Crippen LogP contribution >= 0.6 is 12.6 Å². The Hall–Kier alpha value is -0.260. The van der Waals surface area contributed by atoms with Crippen LogP contribution in [0.5, 0.6) is 0 Å². The van der Waals surface area contributed by atoms with E-state index in [4.69, 9.17) is 4.74 Å². The summed E-state index contributed by atoms with van der Waals surface area (Å²) in [5, 5.41) is 0.244. The number of carbonyl (C=O) groups is 1. The minimum atomic E-state index is 0.244. The smallest absolute Gasteiger partial charge is 0.223 e. The number of nitrogens with zero attached hydrogens (tertiary/aromatic N) is 2. The highest BCUT2D eigenvalue weighted by Gasteiger charge is 2.31. The normalized spacial score (nSPS) is 30.5. The van der Waals surface area contributed by atoms with Crippen LogP contribution in [-0.4, -0.2) is 67.4 Å². The molecule has 0 saturated carbocycles. The maximum absolute atomic E-state index is 11.7. The van der Waals surface area contributed by atoms with Gasteiger partial charge in [0.2, 0.25) is 5.91 Å². The molecule has 2 aliphatic heterocycles. The Labute approximate surface area is 109 Å². The first-order valence-electron chi connectivity index (χ1n) is 6.36. The minimum Gasteiger partial charge on any atom is -0.383 e. The third-order valence-corrected chi connectivity index (χ3v) is 4.00. The lowest BCUT2D eigenvalue weighted by molar-refractivity contribution is -0.128. The first-order chi connectivity index (χ1) is 8.19. The third kappa shape index (κ3) is 3.60. The molecule has 2 heterocycles. The van der Waals surface area contributed by atoms with Gasteiger partial charge in [-0.3, -0.25) is 4.79 Å². The molecule has 2 aliphatic rings. The molecule has 17 heavy (non-hydrogen) atoms. The van der Waals surface area contributed by atoms with Crippen molar-refractivity contribution in [3.8, 4) is 0 Å². The number of hydrogen-bond acceptors (Lipinski definition) is 4. The zero-order valence-corrected chi connectivity index (χ0v) is 11.4. The molecule has 2 saturated heterocycles. The number of amides is 1. The van der Waals surface area contributed by atoms with E-state index in [-0.39, 0.29) is 11.2 Å². The van der Waals surface area contributed by atoms with Crippen LogP contribution < -0.4 is 0 Å². The molecule has 0 aromatic carbocycles. The van der Waals surface area contributed by atoms with Crippen LogP contribution in [0.15, 0.2) is 0 Å². The van der Waals surface area contributed by atoms with Gasteiger partial charge in [0.1, 0.15) is 0 Å². The van der Waals surface area contributed by atoms with Crippen molar-refractivity contribution < 1.29 is 9.53 Å². The van der Waals surface area contributed by atoms with E-state index in [1.807, 2.05) is 4.90 Å². The molecule has 0 bridgehead atoms. The second kappa shape index (κ2) is 6.07. The van der Waals surface area contributed by atoms with Gasteiger partial charge in [-0.05, 0) is 18.9 Å². The number of hydrogen-bond donors (Lipinski definition) is 1. The fourth-order valence-corrected chi connectivity index (χ4v) is 3.08. The second-order valence-electron chi connectivity index (χ2n) is 5.10. The van der Waals surface area contributed by atoms with Gasteiger partial charge in [0.25, 0.3) is 0 Å². The molecule has 0 aromatic heterocycles. The molecule has 2 fully saturated rings. The maximum atomic E-state index is 11.7. The van der Waals surface area contributed by atoms with Gasteiger partial charge < -0.3 is 14.5 Å². The SMILES string of the molecule is COCCN1CCC(CN2CC(S)CC2=O)C1. The van der Waals surface area contributed by atoms with Crippen molar-refractivity contribution >= 4 is 18.5 Å². The van der Waals surface area contributed by atoms with Gasteiger partial charge in [-0.1, -0.05) is 0 Å². The lowest BCUT2D eigenvalue weighted by Gasteiger charge is -2.21. The van der Waals surface area contributed by atoms with Crippen molar-refractivity contribution in [3.63, 3.8) is 0 Å². The van der Waals surface area contributed by atoms with E-state index in [0.717, 1.165) is 39.3 Å². The maximum Gasteiger partial charge on any atom is 0.223 e. The van der Waals surface area contributed by atoms with E-state index < -0.39 is 0 Å². The van der Waals surface area contributed by atoms with Crippen molar-refractivity contribution in [2.75, 3.05) is 46.4 Å². The van der Waals surface area contributed by atoms with Crippen molar-refractivity contribution in [1.29, 1.82) is 0 Å². The van der Waals surface area contributed by atoms with Gasteiger partial charge in [0, 0.05) is 45.0 Å². The quantitative estimate of drug-likeness (QED) is 0.728. The zero-order valence-electron chi connectivity index (χ0n) is 10.5. The Morgan fingerprint density at radius 2 is 2.29 bits per heavy atom. The summed E-state index contributed by atoms with van der Waals surface area (Å²) in [6.45, 7) is 5.80. The molecular weight excluding hydrogens is 236 g/mol. The van der Waals surface area contributed by atoms with E-state index in [1.54, 1.807) is 7.11 Å². The summed E-state index contributed by atoms with van der Waals surface area (Å²) in [6.07, 6.45) is 1.81. The molecular formula is C12H22N2O2S. The summed E-state index contributed by atoms with van der Waals surface area (Å²) in [7, 11) is 1.74. The molecule has 0 aromatic rings. The highest BCUT2D eigenvalue weighted by Crippen LogP contribution is 2.22. The molecule has 0 spiro atoms. The van der Waals surface area contributed by atoms with E-state index in [0.29, 0.717) is 12.3 Å². The van der Waals surface area contributed by atoms with Crippen LogP contribution in [-0.2, 0) is 9.53 Å². The Balaban J connectivity index is 1.72. The summed E-state index contributed by atoms with van der Waals surface area (Å²) < 4.78 is 5.09. The van der Waals surface area contributed by atoms with Crippen LogP contribution in [0, 0.1) is 5.92 Å². The van der Waals surface area contributed by atoms with E-state index in [2.05, 4.69) is 17.5 Å². The number of likely N-dealkylation sites (tertiary alicyclic amines) is 2. The fraction of sp³-hybridized carbons (Fsp3) is 0.917. The van der Waals surface area contributed by atoms with Gasteiger partial charge in [-0.25, -0.2) is 0 Å². The predicted octanol–water partition coefficient (Wildman–Crippen LogP) is 0.485. The van der Waals surface area contributed by atoms with Crippen LogP contribution in [0.4, 0.5) is 0 Å². The number of ether oxygens (including phenoxy) is 1. The van der Waals surface area contributed by atoms with Crippen molar-refractivity contribution in [1.82, 2.24) is 9.80 Å². The average molecular weight is 258 g/mol. The number of thiol groups is 1. The van der Waals surface area contributed by atoms with Crippen molar-refractivity contribution in [2.45, 2.75) is 18.1 Å². The second-order valence-corrected chi connectivity index (χ2v) is 5.84. The monoisotopic (exact) mass is 258 g/mol. The van der Waals surface area contributed by atoms with Gasteiger partial charge in [-0.2, -0.15) is 12.6 Å². The molecule has 0 N–H and O–H groups in total. The molecule has 2 unspecified atom stereocenters.